The van der Waals surface area contributed by atoms with E-state index in [1.165, 1.54) is 0 Å². The van der Waals surface area contributed by atoms with Crippen molar-refractivity contribution in [1.82, 2.24) is 29.3 Å². The molecule has 0 aliphatic heterocycles. The van der Waals surface area contributed by atoms with Crippen molar-refractivity contribution < 1.29 is 0 Å². The van der Waals surface area contributed by atoms with Gasteiger partial charge in [0, 0.05) is 43.8 Å². The lowest BCUT2D eigenvalue weighted by molar-refractivity contribution is 1.07. The Morgan fingerprint density at radius 3 is 1.07 bits per heavy atom. The zero-order valence-electron chi connectivity index (χ0n) is 36.0. The van der Waals surface area contributed by atoms with E-state index < -0.39 is 0 Å². The molecule has 5 aromatic heterocycles. The van der Waals surface area contributed by atoms with Crippen LogP contribution in [0.3, 0.4) is 0 Å². The van der Waals surface area contributed by atoms with E-state index in [4.69, 9.17) is 20.2 Å². The molecule has 0 atom stereocenters. The highest BCUT2D eigenvalue weighted by Gasteiger charge is 2.24. The monoisotopic (exact) mass is 874 g/mol. The molecule has 7 heteroatoms. The first-order chi connectivity index (χ1) is 33.2. The fourth-order valence-corrected chi connectivity index (χ4v) is 10.6. The molecule has 0 unspecified atom stereocenters. The Kier molecular flexibility index (Phi) is 9.25. The number of para-hydroxylation sites is 4. The summed E-state index contributed by atoms with van der Waals surface area (Å²) in [6.07, 6.45) is 0. The summed E-state index contributed by atoms with van der Waals surface area (Å²) >= 11 is 1.61. The van der Waals surface area contributed by atoms with Crippen LogP contribution in [0, 0.1) is 0 Å². The molecule has 5 heterocycles. The predicted octanol–water partition coefficient (Wildman–Crippen LogP) is 15.5. The number of hydrogen-bond acceptors (Lipinski definition) is 5. The Hall–Kier alpha value is -8.78. The van der Waals surface area contributed by atoms with Gasteiger partial charge in [-0.3, -0.25) is 9.13 Å². The summed E-state index contributed by atoms with van der Waals surface area (Å²) in [6.45, 7) is 0. The van der Waals surface area contributed by atoms with Gasteiger partial charge in [-0.1, -0.05) is 193 Å². The molecule has 0 spiro atoms. The Labute approximate surface area is 390 Å². The highest BCUT2D eigenvalue weighted by Crippen LogP contribution is 2.44. The minimum absolute atomic E-state index is 0.822. The fraction of sp³-hybridized carbons (Fsp3) is 0. The summed E-state index contributed by atoms with van der Waals surface area (Å²) in [5, 5.41) is 16.2. The lowest BCUT2D eigenvalue weighted by atomic mass is 10.0. The van der Waals surface area contributed by atoms with Crippen LogP contribution in [0.1, 0.15) is 0 Å². The SMILES string of the molecule is c1ccc(-c2cc(-c3ccccc3)nc(-n3c4ccccc4c4cccc(-c5nnc(-c6cccc7c8ccccc8n(-c8cc(-c9ccccc9)cc(-c9ccccc9)n8)c67)s5)c43)c2)cc1. The summed E-state index contributed by atoms with van der Waals surface area (Å²) in [5.74, 6) is 1.66. The Morgan fingerprint density at radius 2 is 0.657 bits per heavy atom. The maximum absolute atomic E-state index is 5.43. The average Bonchev–Trinajstić information content (AvgIpc) is 4.13. The van der Waals surface area contributed by atoms with Crippen molar-refractivity contribution in [3.05, 3.63) is 231 Å². The Balaban J connectivity index is 1.02. The van der Waals surface area contributed by atoms with E-state index in [1.54, 1.807) is 11.3 Å². The average molecular weight is 875 g/mol. The van der Waals surface area contributed by atoms with Crippen LogP contribution in [0.15, 0.2) is 231 Å². The van der Waals surface area contributed by atoms with E-state index in [0.717, 1.165) is 121 Å². The van der Waals surface area contributed by atoms with E-state index in [0.29, 0.717) is 0 Å². The van der Waals surface area contributed by atoms with E-state index in [2.05, 4.69) is 228 Å². The topological polar surface area (TPSA) is 61.4 Å². The standard InChI is InChI=1S/C60H38N6S/c1-5-19-39(20-6-1)43-35-51(41-23-9-3-10-24-41)61-55(37-43)65-53-33-15-13-27-45(53)47-29-17-31-49(57(47)65)59-63-64-60(67-59)50-32-18-30-48-46-28-14-16-34-54(46)66(58(48)50)56-38-44(40-21-7-2-8-22-40)36-52(62-56)42-25-11-4-12-26-42/h1-38H. The van der Waals surface area contributed by atoms with Crippen LogP contribution in [0.25, 0.3) is 121 Å². The molecule has 67 heavy (non-hydrogen) atoms. The number of aromatic nitrogens is 6. The first-order valence-corrected chi connectivity index (χ1v) is 23.2. The molecule has 0 amide bonds. The van der Waals surface area contributed by atoms with Crippen LogP contribution in [0.5, 0.6) is 0 Å². The fourth-order valence-electron chi connectivity index (χ4n) is 9.67. The van der Waals surface area contributed by atoms with Gasteiger partial charge in [0.25, 0.3) is 0 Å². The van der Waals surface area contributed by atoms with Gasteiger partial charge >= 0.3 is 0 Å². The van der Waals surface area contributed by atoms with Gasteiger partial charge in [0.1, 0.15) is 21.7 Å². The van der Waals surface area contributed by atoms with E-state index >= 15 is 0 Å². The summed E-state index contributed by atoms with van der Waals surface area (Å²) in [7, 11) is 0. The second-order valence-corrected chi connectivity index (χ2v) is 17.7. The first kappa shape index (κ1) is 38.7. The maximum Gasteiger partial charge on any atom is 0.150 e. The predicted molar refractivity (Wildman–Crippen MR) is 277 cm³/mol. The molecule has 314 valence electrons. The summed E-state index contributed by atoms with van der Waals surface area (Å²) in [4.78, 5) is 10.9. The van der Waals surface area contributed by atoms with Crippen LogP contribution >= 0.6 is 11.3 Å². The van der Waals surface area contributed by atoms with Gasteiger partial charge in [0.05, 0.1) is 33.5 Å². The van der Waals surface area contributed by atoms with Crippen LogP contribution in [-0.2, 0) is 0 Å². The summed E-state index contributed by atoms with van der Waals surface area (Å²) < 4.78 is 4.63. The number of pyridine rings is 2. The largest absolute Gasteiger partial charge is 0.293 e. The zero-order chi connectivity index (χ0) is 44.3. The molecule has 0 aliphatic rings. The minimum Gasteiger partial charge on any atom is -0.293 e. The van der Waals surface area contributed by atoms with Gasteiger partial charge in [-0.2, -0.15) is 0 Å². The van der Waals surface area contributed by atoms with Gasteiger partial charge < -0.3 is 0 Å². The molecule has 0 saturated heterocycles. The van der Waals surface area contributed by atoms with Crippen molar-refractivity contribution in [2.24, 2.45) is 0 Å². The quantitative estimate of drug-likeness (QED) is 0.153. The number of rotatable bonds is 8. The number of nitrogens with zero attached hydrogens (tertiary/aromatic N) is 6. The molecular weight excluding hydrogens is 837 g/mol. The molecular formula is C60H38N6S. The Morgan fingerprint density at radius 1 is 0.299 bits per heavy atom. The van der Waals surface area contributed by atoms with Crippen LogP contribution in [0.4, 0.5) is 0 Å². The Bertz CT molecular complexity index is 3590. The molecule has 13 aromatic rings. The van der Waals surface area contributed by atoms with Crippen molar-refractivity contribution in [2.45, 2.75) is 0 Å². The number of fused-ring (bicyclic) bond motifs is 6. The molecule has 8 aromatic carbocycles. The smallest absolute Gasteiger partial charge is 0.150 e. The van der Waals surface area contributed by atoms with Crippen LogP contribution in [0.2, 0.25) is 0 Å². The molecule has 0 fully saturated rings. The van der Waals surface area contributed by atoms with Crippen molar-refractivity contribution in [1.29, 1.82) is 0 Å². The van der Waals surface area contributed by atoms with Crippen molar-refractivity contribution in [2.75, 3.05) is 0 Å². The lowest BCUT2D eigenvalue weighted by Crippen LogP contribution is -2.01. The van der Waals surface area contributed by atoms with Crippen molar-refractivity contribution in [3.63, 3.8) is 0 Å². The van der Waals surface area contributed by atoms with Gasteiger partial charge in [-0.05, 0) is 70.8 Å². The normalized spacial score (nSPS) is 11.6. The summed E-state index contributed by atoms with van der Waals surface area (Å²) in [6, 6.07) is 81.0. The number of benzene rings is 8. The van der Waals surface area contributed by atoms with E-state index in [1.807, 2.05) is 12.1 Å². The molecule has 0 radical (unpaired) electrons. The van der Waals surface area contributed by atoms with Crippen LogP contribution < -0.4 is 0 Å². The second-order valence-electron chi connectivity index (χ2n) is 16.7. The van der Waals surface area contributed by atoms with Crippen LogP contribution in [-0.4, -0.2) is 29.3 Å². The van der Waals surface area contributed by atoms with Gasteiger partial charge in [-0.25, -0.2) is 9.97 Å². The number of hydrogen-bond donors (Lipinski definition) is 0. The third-order valence-corrected chi connectivity index (χ3v) is 13.7. The lowest BCUT2D eigenvalue weighted by Gasteiger charge is -2.14. The molecule has 13 rings (SSSR count). The molecule has 6 nitrogen and oxygen atoms in total. The van der Waals surface area contributed by atoms with Crippen molar-refractivity contribution in [3.8, 4) is 77.5 Å². The van der Waals surface area contributed by atoms with E-state index in [9.17, 15) is 0 Å². The third kappa shape index (κ3) is 6.63. The highest BCUT2D eigenvalue weighted by atomic mass is 32.1. The maximum atomic E-state index is 5.43. The molecule has 0 aliphatic carbocycles. The molecule has 0 bridgehead atoms. The first-order valence-electron chi connectivity index (χ1n) is 22.4. The van der Waals surface area contributed by atoms with Gasteiger partial charge in [0.2, 0.25) is 0 Å². The third-order valence-electron chi connectivity index (χ3n) is 12.7. The summed E-state index contributed by atoms with van der Waals surface area (Å²) in [5.41, 5.74) is 14.5. The van der Waals surface area contributed by atoms with Gasteiger partial charge in [-0.15, -0.1) is 10.2 Å². The van der Waals surface area contributed by atoms with Crippen molar-refractivity contribution >= 4 is 54.9 Å². The van der Waals surface area contributed by atoms with E-state index in [-0.39, 0.29) is 0 Å². The second kappa shape index (κ2) is 16.0. The van der Waals surface area contributed by atoms with Gasteiger partial charge in [0.15, 0.2) is 0 Å². The zero-order valence-corrected chi connectivity index (χ0v) is 36.8. The minimum atomic E-state index is 0.822. The molecule has 0 saturated carbocycles. The molecule has 0 N–H and O–H groups in total. The highest BCUT2D eigenvalue weighted by molar-refractivity contribution is 7.18.